The van der Waals surface area contributed by atoms with Gasteiger partial charge in [0.1, 0.15) is 0 Å². The molecule has 0 aliphatic heterocycles. The first-order valence-electron chi connectivity index (χ1n) is 7.71. The first kappa shape index (κ1) is 15.5. The predicted molar refractivity (Wildman–Crippen MR) is 99.9 cm³/mol. The maximum atomic E-state index is 12.8. The van der Waals surface area contributed by atoms with E-state index in [2.05, 4.69) is 15.2 Å². The lowest BCUT2D eigenvalue weighted by Crippen LogP contribution is -2.23. The van der Waals surface area contributed by atoms with Crippen LogP contribution in [0.1, 0.15) is 5.56 Å². The first-order chi connectivity index (χ1) is 12.1. The number of pyridine rings is 1. The van der Waals surface area contributed by atoms with Crippen LogP contribution >= 0.6 is 11.3 Å². The molecule has 0 N–H and O–H groups in total. The Hall–Kier alpha value is -3.06. The predicted octanol–water partition coefficient (Wildman–Crippen LogP) is 1.83. The average Bonchev–Trinajstić information content (AvgIpc) is 3.17. The Labute approximate surface area is 147 Å². The van der Waals surface area contributed by atoms with E-state index in [0.717, 1.165) is 16.8 Å². The zero-order chi connectivity index (χ0) is 17.4. The minimum Gasteiger partial charge on any atom is -0.378 e. The normalized spacial score (nSPS) is 12.0. The van der Waals surface area contributed by atoms with Crippen LogP contribution in [0.3, 0.4) is 0 Å². The smallest absolute Gasteiger partial charge is 0.276 e. The summed E-state index contributed by atoms with van der Waals surface area (Å²) in [5.74, 6) is 0.520. The molecule has 4 rings (SSSR count). The Kier molecular flexibility index (Phi) is 3.77. The Morgan fingerprint density at radius 1 is 1.12 bits per heavy atom. The van der Waals surface area contributed by atoms with Gasteiger partial charge < -0.3 is 4.90 Å². The van der Waals surface area contributed by atoms with Crippen molar-refractivity contribution in [3.8, 4) is 11.4 Å². The molecule has 124 valence electrons. The minimum absolute atomic E-state index is 0.111. The third kappa shape index (κ3) is 2.78. The number of benzene rings is 1. The van der Waals surface area contributed by atoms with Gasteiger partial charge in [0.25, 0.3) is 5.56 Å². The van der Waals surface area contributed by atoms with Crippen molar-refractivity contribution in [3.63, 3.8) is 0 Å². The van der Waals surface area contributed by atoms with Crippen LogP contribution in [0.2, 0.25) is 0 Å². The molecule has 0 aliphatic carbocycles. The van der Waals surface area contributed by atoms with E-state index < -0.39 is 0 Å². The molecule has 0 aliphatic rings. The fraction of sp³-hybridized carbons (Fsp3) is 0.111. The van der Waals surface area contributed by atoms with Crippen molar-refractivity contribution in [3.05, 3.63) is 69.2 Å². The van der Waals surface area contributed by atoms with Gasteiger partial charge in [-0.1, -0.05) is 23.5 Å². The van der Waals surface area contributed by atoms with Gasteiger partial charge in [-0.25, -0.2) is 4.40 Å². The highest BCUT2D eigenvalue weighted by Crippen LogP contribution is 2.16. The van der Waals surface area contributed by atoms with Gasteiger partial charge in [-0.2, -0.15) is 0 Å². The monoisotopic (exact) mass is 349 g/mol. The third-order valence-corrected chi connectivity index (χ3v) is 4.83. The minimum atomic E-state index is -0.111. The standard InChI is InChI=1S/C18H15N5OS/c1-22(2)14-7-5-12(6-8-14)10-15-17(24)23-16(20-21-18(23)25-15)13-4-3-9-19-11-13/h3-11H,1-2H3/b15-10-. The molecule has 25 heavy (non-hydrogen) atoms. The van der Waals surface area contributed by atoms with Crippen molar-refractivity contribution in [2.75, 3.05) is 19.0 Å². The Morgan fingerprint density at radius 2 is 1.92 bits per heavy atom. The second kappa shape index (κ2) is 6.10. The molecule has 7 heteroatoms. The Balaban J connectivity index is 1.83. The SMILES string of the molecule is CN(C)c1ccc(/C=c2\sc3nnc(-c4cccnc4)n3c2=O)cc1. The van der Waals surface area contributed by atoms with Crippen molar-refractivity contribution >= 4 is 28.1 Å². The highest BCUT2D eigenvalue weighted by atomic mass is 32.1. The van der Waals surface area contributed by atoms with Crippen molar-refractivity contribution in [2.45, 2.75) is 0 Å². The summed E-state index contributed by atoms with van der Waals surface area (Å²) in [6.07, 6.45) is 5.25. The van der Waals surface area contributed by atoms with Crippen molar-refractivity contribution in [1.29, 1.82) is 0 Å². The number of thiazole rings is 1. The zero-order valence-electron chi connectivity index (χ0n) is 13.7. The summed E-state index contributed by atoms with van der Waals surface area (Å²) in [7, 11) is 3.99. The quantitative estimate of drug-likeness (QED) is 0.565. The van der Waals surface area contributed by atoms with Gasteiger partial charge >= 0.3 is 0 Å². The lowest BCUT2D eigenvalue weighted by Gasteiger charge is -2.11. The number of fused-ring (bicyclic) bond motifs is 1. The molecule has 0 bridgehead atoms. The summed E-state index contributed by atoms with van der Waals surface area (Å²) in [6.45, 7) is 0. The van der Waals surface area contributed by atoms with E-state index in [1.807, 2.05) is 61.5 Å². The number of aromatic nitrogens is 4. The highest BCUT2D eigenvalue weighted by Gasteiger charge is 2.14. The molecule has 0 unspecified atom stereocenters. The molecule has 0 amide bonds. The molecule has 3 heterocycles. The number of hydrogen-bond donors (Lipinski definition) is 0. The Morgan fingerprint density at radius 3 is 2.60 bits per heavy atom. The summed E-state index contributed by atoms with van der Waals surface area (Å²) >= 11 is 1.34. The van der Waals surface area contributed by atoms with Crippen molar-refractivity contribution in [2.24, 2.45) is 0 Å². The molecular weight excluding hydrogens is 334 g/mol. The van der Waals surface area contributed by atoms with Crippen LogP contribution in [-0.2, 0) is 0 Å². The van der Waals surface area contributed by atoms with Gasteiger partial charge in [0, 0.05) is 37.7 Å². The van der Waals surface area contributed by atoms with E-state index in [9.17, 15) is 4.79 Å². The van der Waals surface area contributed by atoms with E-state index in [-0.39, 0.29) is 5.56 Å². The van der Waals surface area contributed by atoms with E-state index in [1.165, 1.54) is 11.3 Å². The molecule has 0 saturated carbocycles. The van der Waals surface area contributed by atoms with Gasteiger partial charge in [0.15, 0.2) is 5.82 Å². The van der Waals surface area contributed by atoms with Gasteiger partial charge in [0.05, 0.1) is 4.53 Å². The van der Waals surface area contributed by atoms with Crippen LogP contribution in [0.25, 0.3) is 22.4 Å². The first-order valence-corrected chi connectivity index (χ1v) is 8.52. The molecular formula is C18H15N5OS. The molecule has 0 spiro atoms. The summed E-state index contributed by atoms with van der Waals surface area (Å²) in [5.41, 5.74) is 2.75. The number of hydrogen-bond acceptors (Lipinski definition) is 6. The summed E-state index contributed by atoms with van der Waals surface area (Å²) in [4.78, 5) is 19.5. The molecule has 3 aromatic heterocycles. The second-order valence-electron chi connectivity index (χ2n) is 5.79. The van der Waals surface area contributed by atoms with E-state index >= 15 is 0 Å². The molecule has 1 aromatic carbocycles. The lowest BCUT2D eigenvalue weighted by molar-refractivity contribution is 1.08. The highest BCUT2D eigenvalue weighted by molar-refractivity contribution is 7.15. The summed E-state index contributed by atoms with van der Waals surface area (Å²) < 4.78 is 2.18. The second-order valence-corrected chi connectivity index (χ2v) is 6.79. The molecule has 0 saturated heterocycles. The van der Waals surface area contributed by atoms with E-state index in [0.29, 0.717) is 15.3 Å². The molecule has 0 atom stereocenters. The fourth-order valence-corrected chi connectivity index (χ4v) is 3.48. The molecule has 6 nitrogen and oxygen atoms in total. The molecule has 0 fully saturated rings. The average molecular weight is 349 g/mol. The number of nitrogens with zero attached hydrogens (tertiary/aromatic N) is 5. The van der Waals surface area contributed by atoms with E-state index in [1.54, 1.807) is 16.8 Å². The number of anilines is 1. The largest absolute Gasteiger partial charge is 0.378 e. The lowest BCUT2D eigenvalue weighted by atomic mass is 10.2. The molecule has 0 radical (unpaired) electrons. The van der Waals surface area contributed by atoms with Crippen LogP contribution in [0.4, 0.5) is 5.69 Å². The van der Waals surface area contributed by atoms with Crippen LogP contribution in [-0.4, -0.2) is 33.7 Å². The van der Waals surface area contributed by atoms with Crippen molar-refractivity contribution in [1.82, 2.24) is 19.6 Å². The zero-order valence-corrected chi connectivity index (χ0v) is 14.6. The van der Waals surface area contributed by atoms with Gasteiger partial charge in [0.2, 0.25) is 4.96 Å². The van der Waals surface area contributed by atoms with Gasteiger partial charge in [-0.3, -0.25) is 9.78 Å². The van der Waals surface area contributed by atoms with Crippen LogP contribution in [0.5, 0.6) is 0 Å². The third-order valence-electron chi connectivity index (χ3n) is 3.88. The topological polar surface area (TPSA) is 63.4 Å². The van der Waals surface area contributed by atoms with Crippen molar-refractivity contribution < 1.29 is 0 Å². The fourth-order valence-electron chi connectivity index (χ4n) is 2.56. The Bertz CT molecular complexity index is 1130. The van der Waals surface area contributed by atoms with Gasteiger partial charge in [-0.15, -0.1) is 10.2 Å². The van der Waals surface area contributed by atoms with Gasteiger partial charge in [-0.05, 0) is 35.9 Å². The molecule has 4 aromatic rings. The number of rotatable bonds is 3. The van der Waals surface area contributed by atoms with Crippen LogP contribution in [0, 0.1) is 0 Å². The maximum Gasteiger partial charge on any atom is 0.276 e. The van der Waals surface area contributed by atoms with Crippen LogP contribution < -0.4 is 15.0 Å². The summed E-state index contributed by atoms with van der Waals surface area (Å²) in [5, 5.41) is 8.26. The summed E-state index contributed by atoms with van der Waals surface area (Å²) in [6, 6.07) is 11.7. The maximum absolute atomic E-state index is 12.8. The van der Waals surface area contributed by atoms with E-state index in [4.69, 9.17) is 0 Å². The van der Waals surface area contributed by atoms with Crippen LogP contribution in [0.15, 0.2) is 53.6 Å².